The Morgan fingerprint density at radius 3 is 2.72 bits per heavy atom. The molecule has 29 heavy (non-hydrogen) atoms. The van der Waals surface area contributed by atoms with E-state index in [1.165, 1.54) is 6.07 Å². The number of hydrogen-bond donors (Lipinski definition) is 0. The molecule has 5 rings (SSSR count). The molecule has 2 aromatic heterocycles. The van der Waals surface area contributed by atoms with Gasteiger partial charge in [0, 0.05) is 18.3 Å². The molecule has 5 nitrogen and oxygen atoms in total. The van der Waals surface area contributed by atoms with E-state index in [1.54, 1.807) is 13.2 Å². The zero-order valence-electron chi connectivity index (χ0n) is 15.5. The maximum Gasteiger partial charge on any atom is 0.449 e. The van der Waals surface area contributed by atoms with Crippen molar-refractivity contribution < 1.29 is 27.1 Å². The van der Waals surface area contributed by atoms with Crippen LogP contribution >= 0.6 is 0 Å². The number of alkyl halides is 3. The van der Waals surface area contributed by atoms with Gasteiger partial charge in [-0.1, -0.05) is 18.2 Å². The fourth-order valence-electron chi connectivity index (χ4n) is 4.19. The first-order valence-corrected chi connectivity index (χ1v) is 9.09. The van der Waals surface area contributed by atoms with Gasteiger partial charge in [0.05, 0.1) is 19.1 Å². The summed E-state index contributed by atoms with van der Waals surface area (Å²) >= 11 is 0. The third-order valence-electron chi connectivity index (χ3n) is 5.48. The number of fused-ring (bicyclic) bond motifs is 4. The lowest BCUT2D eigenvalue weighted by molar-refractivity contribution is -0.153. The van der Waals surface area contributed by atoms with E-state index in [-0.39, 0.29) is 12.3 Å². The van der Waals surface area contributed by atoms with Gasteiger partial charge in [0.15, 0.2) is 0 Å². The molecule has 3 aromatic rings. The first-order valence-electron chi connectivity index (χ1n) is 9.09. The summed E-state index contributed by atoms with van der Waals surface area (Å²) in [6.07, 6.45) is -4.50. The Balaban J connectivity index is 1.53. The van der Waals surface area contributed by atoms with Crippen molar-refractivity contribution in [3.05, 3.63) is 71.3 Å². The molecule has 0 aliphatic carbocycles. The molecule has 1 aromatic carbocycles. The number of aromatic nitrogens is 1. The van der Waals surface area contributed by atoms with E-state index in [4.69, 9.17) is 13.9 Å². The summed E-state index contributed by atoms with van der Waals surface area (Å²) < 4.78 is 54.9. The second-order valence-corrected chi connectivity index (χ2v) is 7.21. The summed E-state index contributed by atoms with van der Waals surface area (Å²) in [7, 11) is 1.56. The number of methoxy groups -OCH3 is 1. The van der Waals surface area contributed by atoms with Crippen LogP contribution in [0.2, 0.25) is 0 Å². The topological polar surface area (TPSA) is 47.7 Å². The van der Waals surface area contributed by atoms with Crippen molar-refractivity contribution >= 4 is 5.69 Å². The molecule has 0 fully saturated rings. The van der Waals surface area contributed by atoms with Crippen LogP contribution in [-0.4, -0.2) is 25.2 Å². The van der Waals surface area contributed by atoms with Crippen molar-refractivity contribution in [3.8, 4) is 11.6 Å². The molecular formula is C21H17F3N2O3. The number of benzene rings is 1. The van der Waals surface area contributed by atoms with Crippen LogP contribution in [0, 0.1) is 0 Å². The van der Waals surface area contributed by atoms with E-state index in [2.05, 4.69) is 4.98 Å². The summed E-state index contributed by atoms with van der Waals surface area (Å²) in [6.45, 7) is 1.14. The Morgan fingerprint density at radius 1 is 1.14 bits per heavy atom. The minimum Gasteiger partial charge on any atom is -0.490 e. The molecule has 0 amide bonds. The Kier molecular flexibility index (Phi) is 3.81. The zero-order chi connectivity index (χ0) is 20.2. The van der Waals surface area contributed by atoms with Gasteiger partial charge >= 0.3 is 6.18 Å². The smallest absolute Gasteiger partial charge is 0.449 e. The van der Waals surface area contributed by atoms with Crippen molar-refractivity contribution in [1.29, 1.82) is 0 Å². The van der Waals surface area contributed by atoms with Crippen LogP contribution < -0.4 is 14.4 Å². The van der Waals surface area contributed by atoms with E-state index < -0.39 is 17.4 Å². The second kappa shape index (κ2) is 6.17. The molecule has 8 heteroatoms. The normalized spacial score (nSPS) is 19.9. The molecule has 150 valence electrons. The lowest BCUT2D eigenvalue weighted by Gasteiger charge is -2.24. The first-order chi connectivity index (χ1) is 13.9. The Morgan fingerprint density at radius 2 is 1.97 bits per heavy atom. The largest absolute Gasteiger partial charge is 0.490 e. The van der Waals surface area contributed by atoms with E-state index in [0.29, 0.717) is 24.8 Å². The maximum absolute atomic E-state index is 12.9. The van der Waals surface area contributed by atoms with Gasteiger partial charge in [0.25, 0.3) is 0 Å². The van der Waals surface area contributed by atoms with Crippen LogP contribution in [0.15, 0.2) is 52.9 Å². The van der Waals surface area contributed by atoms with Crippen LogP contribution in [-0.2, 0) is 18.1 Å². The number of ether oxygens (including phenoxy) is 2. The van der Waals surface area contributed by atoms with E-state index >= 15 is 0 Å². The van der Waals surface area contributed by atoms with Gasteiger partial charge in [0.2, 0.25) is 11.6 Å². The summed E-state index contributed by atoms with van der Waals surface area (Å²) in [4.78, 5) is 6.65. The van der Waals surface area contributed by atoms with Crippen LogP contribution in [0.5, 0.6) is 11.6 Å². The van der Waals surface area contributed by atoms with Crippen LogP contribution in [0.1, 0.15) is 22.8 Å². The van der Waals surface area contributed by atoms with Gasteiger partial charge in [-0.05, 0) is 29.8 Å². The fraction of sp³-hybridized carbons (Fsp3) is 0.286. The molecule has 1 unspecified atom stereocenters. The van der Waals surface area contributed by atoms with Crippen LogP contribution in [0.3, 0.4) is 0 Å². The average molecular weight is 402 g/mol. The van der Waals surface area contributed by atoms with E-state index in [9.17, 15) is 13.2 Å². The molecule has 4 heterocycles. The number of anilines is 1. The van der Waals surface area contributed by atoms with Crippen molar-refractivity contribution in [3.63, 3.8) is 0 Å². The molecule has 0 saturated heterocycles. The predicted octanol–water partition coefficient (Wildman–Crippen LogP) is 4.40. The molecule has 0 saturated carbocycles. The third-order valence-corrected chi connectivity index (χ3v) is 5.48. The van der Waals surface area contributed by atoms with Gasteiger partial charge < -0.3 is 18.8 Å². The van der Waals surface area contributed by atoms with Gasteiger partial charge in [0.1, 0.15) is 23.8 Å². The molecular weight excluding hydrogens is 385 g/mol. The summed E-state index contributed by atoms with van der Waals surface area (Å²) in [5.74, 6) is 0.447. The Bertz CT molecular complexity index is 1080. The molecule has 1 spiro atoms. The average Bonchev–Trinajstić information content (AvgIpc) is 3.40. The van der Waals surface area contributed by atoms with Crippen molar-refractivity contribution in [2.75, 3.05) is 25.2 Å². The number of hydrogen-bond acceptors (Lipinski definition) is 5. The molecule has 2 aliphatic heterocycles. The predicted molar refractivity (Wildman–Crippen MR) is 98.3 cm³/mol. The van der Waals surface area contributed by atoms with Gasteiger partial charge in [-0.15, -0.1) is 0 Å². The van der Waals surface area contributed by atoms with Gasteiger partial charge in [-0.25, -0.2) is 4.98 Å². The third kappa shape index (κ3) is 2.73. The summed E-state index contributed by atoms with van der Waals surface area (Å²) in [5, 5.41) is 0. The lowest BCUT2D eigenvalue weighted by Crippen LogP contribution is -2.36. The number of halogens is 3. The number of para-hydroxylation sites is 1. The number of nitrogens with zero attached hydrogens (tertiary/aromatic N) is 2. The highest BCUT2D eigenvalue weighted by atomic mass is 19.4. The molecule has 1 atom stereocenters. The van der Waals surface area contributed by atoms with E-state index in [0.717, 1.165) is 23.0 Å². The highest BCUT2D eigenvalue weighted by Gasteiger charge is 2.51. The van der Waals surface area contributed by atoms with Crippen LogP contribution in [0.25, 0.3) is 0 Å². The standard InChI is InChI=1S/C21H17F3N2O3/c1-27-18-9-7-16-19(25-18)20(12-28-16)11-26(15-5-3-2-4-14(15)20)10-13-6-8-17(29-13)21(22,23)24/h2-9H,10-12H2,1H3. The maximum atomic E-state index is 12.9. The molecule has 2 aliphatic rings. The minimum atomic E-state index is -4.50. The first kappa shape index (κ1) is 17.9. The summed E-state index contributed by atoms with van der Waals surface area (Å²) in [5.41, 5.74) is 2.22. The number of furan rings is 1. The van der Waals surface area contributed by atoms with Crippen molar-refractivity contribution in [2.24, 2.45) is 0 Å². The highest BCUT2D eigenvalue weighted by molar-refractivity contribution is 5.68. The Labute approximate surface area is 164 Å². The fourth-order valence-corrected chi connectivity index (χ4v) is 4.19. The highest BCUT2D eigenvalue weighted by Crippen LogP contribution is 2.51. The van der Waals surface area contributed by atoms with Gasteiger partial charge in [-0.2, -0.15) is 13.2 Å². The monoisotopic (exact) mass is 402 g/mol. The number of pyridine rings is 1. The SMILES string of the molecule is COc1ccc2c(n1)C1(CO2)CN(Cc2ccc(C(F)(F)F)o2)c2ccccc21. The minimum absolute atomic E-state index is 0.216. The van der Waals surface area contributed by atoms with Crippen molar-refractivity contribution in [1.82, 2.24) is 4.98 Å². The zero-order valence-corrected chi connectivity index (χ0v) is 15.5. The molecule has 0 N–H and O–H groups in total. The second-order valence-electron chi connectivity index (χ2n) is 7.21. The summed E-state index contributed by atoms with van der Waals surface area (Å²) in [6, 6.07) is 13.7. The van der Waals surface area contributed by atoms with Crippen molar-refractivity contribution in [2.45, 2.75) is 18.1 Å². The van der Waals surface area contributed by atoms with Gasteiger partial charge in [-0.3, -0.25) is 0 Å². The quantitative estimate of drug-likeness (QED) is 0.650. The molecule has 0 radical (unpaired) electrons. The molecule has 0 bridgehead atoms. The van der Waals surface area contributed by atoms with Crippen LogP contribution in [0.4, 0.5) is 18.9 Å². The Hall–Kier alpha value is -3.16. The lowest BCUT2D eigenvalue weighted by atomic mass is 9.81. The number of rotatable bonds is 3. The van der Waals surface area contributed by atoms with E-state index in [1.807, 2.05) is 35.2 Å².